The Morgan fingerprint density at radius 1 is 1.15 bits per heavy atom. The zero-order valence-electron chi connectivity index (χ0n) is 13.0. The monoisotopic (exact) mass is 444 g/mol. The summed E-state index contributed by atoms with van der Waals surface area (Å²) in [4.78, 5) is 1.46. The minimum absolute atomic E-state index is 0.100. The van der Waals surface area contributed by atoms with Gasteiger partial charge < -0.3 is 0 Å². The van der Waals surface area contributed by atoms with Crippen LogP contribution in [0.4, 0.5) is 0 Å². The van der Waals surface area contributed by atoms with Crippen LogP contribution in [0, 0.1) is 0 Å². The molecule has 0 nitrogen and oxygen atoms in total. The third kappa shape index (κ3) is 9.20. The second-order valence-corrected chi connectivity index (χ2v) is 13.5. The first-order valence-corrected chi connectivity index (χ1v) is 12.7. The van der Waals surface area contributed by atoms with Gasteiger partial charge in [-0.1, -0.05) is 67.4 Å². The Balaban J connectivity index is 0.00000110. The van der Waals surface area contributed by atoms with E-state index in [1.165, 1.54) is 4.88 Å². The number of hydrogen-bond acceptors (Lipinski definition) is 1. The molecule has 1 heterocycles. The predicted octanol–water partition coefficient (Wildman–Crippen LogP) is 7.26. The summed E-state index contributed by atoms with van der Waals surface area (Å²) in [7, 11) is 9.53. The van der Waals surface area contributed by atoms with Gasteiger partial charge in [-0.2, -0.15) is 0 Å². The van der Waals surface area contributed by atoms with E-state index in [0.717, 1.165) is 6.42 Å². The molecule has 5 heteroatoms. The van der Waals surface area contributed by atoms with Gasteiger partial charge in [0.25, 0.3) is 0 Å². The summed E-state index contributed by atoms with van der Waals surface area (Å²) >= 11 is 1.74. The molecule has 0 amide bonds. The van der Waals surface area contributed by atoms with E-state index in [4.69, 9.17) is 19.1 Å². The summed E-state index contributed by atoms with van der Waals surface area (Å²) in [5, 5.41) is 2.93. The number of halogens is 2. The van der Waals surface area contributed by atoms with Gasteiger partial charge >= 0.3 is 35.0 Å². The molecule has 0 aromatic carbocycles. The van der Waals surface area contributed by atoms with Gasteiger partial charge in [0, 0.05) is 11.3 Å². The van der Waals surface area contributed by atoms with Gasteiger partial charge in [0.15, 0.2) is 0 Å². The summed E-state index contributed by atoms with van der Waals surface area (Å²) in [6, 6.07) is 4.34. The van der Waals surface area contributed by atoms with E-state index in [1.54, 1.807) is 0 Å². The van der Waals surface area contributed by atoms with E-state index < -0.39 is 0 Å². The SMILES string of the molecule is CC(C)(C)P(C=CCc1cccs1)C(C)(C)C.[Cl][Pd][Cl]. The molecule has 0 fully saturated rings. The molecule has 0 spiro atoms. The van der Waals surface area contributed by atoms with E-state index in [-0.39, 0.29) is 23.9 Å². The Bertz CT molecular complexity index is 364. The van der Waals surface area contributed by atoms with Gasteiger partial charge in [0.05, 0.1) is 0 Å². The van der Waals surface area contributed by atoms with Crippen LogP contribution >= 0.6 is 38.3 Å². The molecule has 1 aromatic rings. The van der Waals surface area contributed by atoms with E-state index in [0.29, 0.717) is 10.3 Å². The summed E-state index contributed by atoms with van der Waals surface area (Å²) < 4.78 is 0. The predicted molar refractivity (Wildman–Crippen MR) is 95.3 cm³/mol. The Labute approximate surface area is 146 Å². The molecule has 0 aliphatic carbocycles. The van der Waals surface area contributed by atoms with Crippen molar-refractivity contribution in [2.45, 2.75) is 58.3 Å². The van der Waals surface area contributed by atoms with Crippen LogP contribution in [0.25, 0.3) is 0 Å². The summed E-state index contributed by atoms with van der Waals surface area (Å²) in [6.07, 6.45) is 3.46. The quantitative estimate of drug-likeness (QED) is 0.339. The number of allylic oxidation sites excluding steroid dienone is 1. The van der Waals surface area contributed by atoms with E-state index >= 15 is 0 Å². The average molecular weight is 446 g/mol. The normalized spacial score (nSPS) is 12.8. The molecule has 0 saturated heterocycles. The van der Waals surface area contributed by atoms with Crippen molar-refractivity contribution in [2.75, 3.05) is 0 Å². The van der Waals surface area contributed by atoms with Crippen molar-refractivity contribution >= 4 is 38.3 Å². The number of rotatable bonds is 3. The van der Waals surface area contributed by atoms with Crippen molar-refractivity contribution in [3.63, 3.8) is 0 Å². The molecule has 20 heavy (non-hydrogen) atoms. The first kappa shape index (κ1) is 21.1. The summed E-state index contributed by atoms with van der Waals surface area (Å²) in [5.74, 6) is 2.48. The Kier molecular flexibility index (Phi) is 10.6. The molecular weight excluding hydrogens is 421 g/mol. The molecule has 0 atom stereocenters. The fourth-order valence-electron chi connectivity index (χ4n) is 2.16. The molecule has 0 bridgehead atoms. The maximum atomic E-state index is 4.81. The summed E-state index contributed by atoms with van der Waals surface area (Å²) in [6.45, 7) is 14.2. The molecule has 0 aliphatic rings. The molecule has 0 N–H and O–H groups in total. The van der Waals surface area contributed by atoms with Crippen molar-refractivity contribution in [3.8, 4) is 0 Å². The molecule has 0 saturated carbocycles. The van der Waals surface area contributed by atoms with Crippen LogP contribution in [0.2, 0.25) is 0 Å². The topological polar surface area (TPSA) is 0 Å². The van der Waals surface area contributed by atoms with Crippen molar-refractivity contribution in [2.24, 2.45) is 0 Å². The standard InChI is InChI=1S/C15H25PS.2ClH.Pd/c1-14(2,3)16(15(4,5)6)11-7-9-13-10-8-12-17-13;;;/h7-8,10-12H,9H2,1-6H3;2*1H;/q;;;+2/p-2. The zero-order chi connectivity index (χ0) is 15.8. The van der Waals surface area contributed by atoms with Crippen molar-refractivity contribution in [1.29, 1.82) is 0 Å². The van der Waals surface area contributed by atoms with Crippen LogP contribution in [0.15, 0.2) is 29.4 Å². The Morgan fingerprint density at radius 3 is 2.00 bits per heavy atom. The molecule has 120 valence electrons. The van der Waals surface area contributed by atoms with Crippen LogP contribution in [0.1, 0.15) is 46.4 Å². The van der Waals surface area contributed by atoms with Crippen molar-refractivity contribution in [3.05, 3.63) is 34.3 Å². The maximum absolute atomic E-state index is 4.81. The van der Waals surface area contributed by atoms with E-state index in [1.807, 2.05) is 11.3 Å². The second kappa shape index (κ2) is 9.99. The van der Waals surface area contributed by atoms with Gasteiger partial charge in [-0.15, -0.1) is 11.3 Å². The van der Waals surface area contributed by atoms with Crippen LogP contribution in [-0.2, 0) is 22.4 Å². The van der Waals surface area contributed by atoms with Crippen LogP contribution in [0.3, 0.4) is 0 Å². The fraction of sp³-hybridized carbons (Fsp3) is 0.600. The molecule has 0 radical (unpaired) electrons. The Morgan fingerprint density at radius 2 is 1.65 bits per heavy atom. The van der Waals surface area contributed by atoms with Crippen LogP contribution in [-0.4, -0.2) is 10.3 Å². The first-order valence-electron chi connectivity index (χ1n) is 6.43. The van der Waals surface area contributed by atoms with E-state index in [2.05, 4.69) is 70.9 Å². The molecule has 1 aromatic heterocycles. The molecular formula is C15H25Cl2PPdS. The van der Waals surface area contributed by atoms with Gasteiger partial charge in [0.2, 0.25) is 0 Å². The number of thiophene rings is 1. The van der Waals surface area contributed by atoms with E-state index in [9.17, 15) is 0 Å². The third-order valence-corrected chi connectivity index (χ3v) is 6.90. The van der Waals surface area contributed by atoms with Crippen molar-refractivity contribution < 1.29 is 15.9 Å². The van der Waals surface area contributed by atoms with Gasteiger partial charge in [-0.3, -0.25) is 0 Å². The third-order valence-electron chi connectivity index (χ3n) is 2.60. The van der Waals surface area contributed by atoms with Crippen LogP contribution < -0.4 is 0 Å². The van der Waals surface area contributed by atoms with Crippen LogP contribution in [0.5, 0.6) is 0 Å². The molecule has 1 rings (SSSR count). The molecule has 0 aliphatic heterocycles. The first-order chi connectivity index (χ1) is 9.12. The Hall–Kier alpha value is 1.11. The second-order valence-electron chi connectivity index (χ2n) is 6.43. The van der Waals surface area contributed by atoms with Crippen molar-refractivity contribution in [1.82, 2.24) is 0 Å². The van der Waals surface area contributed by atoms with Gasteiger partial charge in [-0.05, 0) is 21.8 Å². The number of hydrogen-bond donors (Lipinski definition) is 0. The van der Waals surface area contributed by atoms with Gasteiger partial charge in [-0.25, -0.2) is 0 Å². The zero-order valence-corrected chi connectivity index (χ0v) is 17.8. The minimum atomic E-state index is -0.106. The fourth-order valence-corrected chi connectivity index (χ4v) is 6.06. The van der Waals surface area contributed by atoms with Gasteiger partial charge in [0.1, 0.15) is 0 Å². The summed E-state index contributed by atoms with van der Waals surface area (Å²) in [5.41, 5.74) is 0. The average Bonchev–Trinajstić information content (AvgIpc) is 2.74. The molecule has 0 unspecified atom stereocenters.